The minimum atomic E-state index is -0.482. The Bertz CT molecular complexity index is 881. The molecule has 3 aromatic carbocycles. The minimum absolute atomic E-state index is 0.0824. The Morgan fingerprint density at radius 2 is 1.35 bits per heavy atom. The van der Waals surface area contributed by atoms with E-state index in [4.69, 9.17) is 4.74 Å². The molecule has 0 amide bonds. The third-order valence-electron chi connectivity index (χ3n) is 3.97. The molecule has 0 spiro atoms. The van der Waals surface area contributed by atoms with Crippen LogP contribution < -0.4 is 0 Å². The van der Waals surface area contributed by atoms with Crippen LogP contribution in [0.25, 0.3) is 0 Å². The number of rotatable bonds is 5. The highest BCUT2D eigenvalue weighted by atomic mass is 32.2. The van der Waals surface area contributed by atoms with Gasteiger partial charge in [0.25, 0.3) is 0 Å². The molecule has 130 valence electrons. The number of ether oxygens (including phenoxy) is 1. The quantitative estimate of drug-likeness (QED) is 0.372. The summed E-state index contributed by atoms with van der Waals surface area (Å²) in [7, 11) is 0.875. The normalized spacial score (nSPS) is 10.6. The van der Waals surface area contributed by atoms with Gasteiger partial charge in [-0.25, -0.2) is 4.79 Å². The van der Waals surface area contributed by atoms with E-state index in [2.05, 4.69) is 24.3 Å². The largest absolute Gasteiger partial charge is 0.465 e. The lowest BCUT2D eigenvalue weighted by molar-refractivity contribution is 0.0596. The Kier molecular flexibility index (Phi) is 5.54. The lowest BCUT2D eigenvalue weighted by atomic mass is 10.1. The maximum atomic E-state index is 12.4. The number of esters is 1. The summed E-state index contributed by atoms with van der Waals surface area (Å²) in [5.41, 5.74) is 0.926. The van der Waals surface area contributed by atoms with Crippen molar-refractivity contribution in [3.8, 4) is 0 Å². The second kappa shape index (κ2) is 8.02. The minimum Gasteiger partial charge on any atom is -0.465 e. The van der Waals surface area contributed by atoms with Gasteiger partial charge in [0.05, 0.1) is 7.11 Å². The molecule has 0 fully saturated rings. The van der Waals surface area contributed by atoms with E-state index in [1.54, 1.807) is 12.1 Å². The number of methoxy groups -OCH3 is 1. The zero-order chi connectivity index (χ0) is 18.5. The maximum Gasteiger partial charge on any atom is 0.343 e. The summed E-state index contributed by atoms with van der Waals surface area (Å²) in [6.45, 7) is 1.49. The van der Waals surface area contributed by atoms with E-state index >= 15 is 0 Å². The lowest BCUT2D eigenvalue weighted by Crippen LogP contribution is -2.13. The van der Waals surface area contributed by atoms with Crippen molar-refractivity contribution in [3.05, 3.63) is 90.0 Å². The molecule has 0 unspecified atom stereocenters. The van der Waals surface area contributed by atoms with E-state index in [0.717, 1.165) is 14.7 Å². The van der Waals surface area contributed by atoms with Crippen LogP contribution in [0.1, 0.15) is 27.6 Å². The average molecular weight is 363 g/mol. The predicted molar refractivity (Wildman–Crippen MR) is 103 cm³/mol. The average Bonchev–Trinajstić information content (AvgIpc) is 2.69. The smallest absolute Gasteiger partial charge is 0.343 e. The van der Waals surface area contributed by atoms with Gasteiger partial charge in [-0.15, -0.1) is 0 Å². The molecule has 0 bridgehead atoms. The van der Waals surface area contributed by atoms with Crippen molar-refractivity contribution in [3.63, 3.8) is 0 Å². The molecular formula is C22H19O3S+. The topological polar surface area (TPSA) is 43.4 Å². The zero-order valence-corrected chi connectivity index (χ0v) is 15.5. The van der Waals surface area contributed by atoms with Gasteiger partial charge in [-0.1, -0.05) is 36.4 Å². The van der Waals surface area contributed by atoms with Gasteiger partial charge in [0.15, 0.2) is 20.5 Å². The first-order chi connectivity index (χ1) is 12.6. The molecule has 0 atom stereocenters. The summed E-state index contributed by atoms with van der Waals surface area (Å²) in [6.07, 6.45) is 0. The molecule has 0 aliphatic carbocycles. The fourth-order valence-electron chi connectivity index (χ4n) is 2.70. The predicted octanol–water partition coefficient (Wildman–Crippen LogP) is 4.77. The van der Waals surface area contributed by atoms with E-state index in [1.165, 1.54) is 14.0 Å². The number of carbonyl (C=O) groups excluding carboxylic acids is 2. The SMILES string of the molecule is COC(=O)c1cc(C(C)=O)ccc1[S+](c1ccccc1)c1ccccc1. The number of hydrogen-bond acceptors (Lipinski definition) is 3. The van der Waals surface area contributed by atoms with Gasteiger partial charge in [0.2, 0.25) is 0 Å². The number of Topliss-reactive ketones (excluding diaryl/α,β-unsaturated/α-hetero) is 1. The molecule has 4 heteroatoms. The molecule has 0 saturated heterocycles. The molecule has 0 radical (unpaired) electrons. The molecule has 0 aliphatic heterocycles. The van der Waals surface area contributed by atoms with Crippen LogP contribution in [0.5, 0.6) is 0 Å². The molecule has 3 rings (SSSR count). The molecule has 3 aromatic rings. The maximum absolute atomic E-state index is 12.4. The highest BCUT2D eigenvalue weighted by Crippen LogP contribution is 2.34. The Hall–Kier alpha value is -2.85. The van der Waals surface area contributed by atoms with Crippen LogP contribution in [0, 0.1) is 0 Å². The van der Waals surface area contributed by atoms with E-state index in [-0.39, 0.29) is 5.78 Å². The molecular weight excluding hydrogens is 344 g/mol. The first kappa shape index (κ1) is 18.0. The van der Waals surface area contributed by atoms with Crippen molar-refractivity contribution in [2.75, 3.05) is 7.11 Å². The van der Waals surface area contributed by atoms with Crippen molar-refractivity contribution < 1.29 is 14.3 Å². The fraction of sp³-hybridized carbons (Fsp3) is 0.0909. The van der Waals surface area contributed by atoms with Gasteiger partial charge in [-0.05, 0) is 49.4 Å². The summed E-state index contributed by atoms with van der Waals surface area (Å²) < 4.78 is 4.99. The van der Waals surface area contributed by atoms with Crippen LogP contribution in [0.15, 0.2) is 93.5 Å². The van der Waals surface area contributed by atoms with Crippen molar-refractivity contribution in [2.45, 2.75) is 21.6 Å². The Labute approximate surface area is 156 Å². The highest BCUT2D eigenvalue weighted by molar-refractivity contribution is 7.97. The standard InChI is InChI=1S/C22H19O3S/c1-16(23)17-13-14-21(20(15-17)22(24)25-2)26(18-9-5-3-6-10-18)19-11-7-4-8-12-19/h3-15H,1-2H3/q+1. The third-order valence-corrected chi connectivity index (χ3v) is 6.25. The molecule has 0 aliphatic rings. The lowest BCUT2D eigenvalue weighted by Gasteiger charge is -2.12. The first-order valence-electron chi connectivity index (χ1n) is 8.19. The summed E-state index contributed by atoms with van der Waals surface area (Å²) in [5.74, 6) is -0.520. The molecule has 0 saturated carbocycles. The second-order valence-electron chi connectivity index (χ2n) is 5.69. The molecule has 0 aromatic heterocycles. The Morgan fingerprint density at radius 3 is 1.81 bits per heavy atom. The molecule has 3 nitrogen and oxygen atoms in total. The first-order valence-corrected chi connectivity index (χ1v) is 9.42. The van der Waals surface area contributed by atoms with Gasteiger partial charge < -0.3 is 4.74 Å². The van der Waals surface area contributed by atoms with E-state index in [1.807, 2.05) is 42.5 Å². The van der Waals surface area contributed by atoms with Crippen molar-refractivity contribution in [2.24, 2.45) is 0 Å². The van der Waals surface area contributed by atoms with Gasteiger partial charge in [0.1, 0.15) is 16.5 Å². The van der Waals surface area contributed by atoms with Crippen LogP contribution >= 0.6 is 0 Å². The van der Waals surface area contributed by atoms with Crippen LogP contribution in [0.4, 0.5) is 0 Å². The van der Waals surface area contributed by atoms with Crippen LogP contribution in [-0.2, 0) is 15.6 Å². The van der Waals surface area contributed by atoms with Crippen molar-refractivity contribution >= 4 is 22.6 Å². The molecule has 0 N–H and O–H groups in total. The summed E-state index contributed by atoms with van der Waals surface area (Å²) >= 11 is 0. The van der Waals surface area contributed by atoms with E-state index < -0.39 is 16.9 Å². The zero-order valence-electron chi connectivity index (χ0n) is 14.6. The Morgan fingerprint density at radius 1 is 0.808 bits per heavy atom. The van der Waals surface area contributed by atoms with Crippen LogP contribution in [0.3, 0.4) is 0 Å². The summed E-state index contributed by atoms with van der Waals surface area (Å²) in [5, 5.41) is 0. The molecule has 0 heterocycles. The molecule has 26 heavy (non-hydrogen) atoms. The van der Waals surface area contributed by atoms with E-state index in [9.17, 15) is 9.59 Å². The number of ketones is 1. The fourth-order valence-corrected chi connectivity index (χ4v) is 4.90. The number of hydrogen-bond donors (Lipinski definition) is 0. The Balaban J connectivity index is 2.24. The third kappa shape index (κ3) is 3.70. The van der Waals surface area contributed by atoms with Crippen LogP contribution in [0.2, 0.25) is 0 Å². The highest BCUT2D eigenvalue weighted by Gasteiger charge is 2.33. The van der Waals surface area contributed by atoms with Crippen molar-refractivity contribution in [1.82, 2.24) is 0 Å². The van der Waals surface area contributed by atoms with Gasteiger partial charge in [-0.3, -0.25) is 4.79 Å². The number of carbonyl (C=O) groups is 2. The number of benzene rings is 3. The second-order valence-corrected chi connectivity index (χ2v) is 7.69. The summed E-state index contributed by atoms with van der Waals surface area (Å²) in [6, 6.07) is 25.4. The summed E-state index contributed by atoms with van der Waals surface area (Å²) in [4.78, 5) is 27.3. The van der Waals surface area contributed by atoms with Crippen molar-refractivity contribution in [1.29, 1.82) is 0 Å². The van der Waals surface area contributed by atoms with E-state index in [0.29, 0.717) is 11.1 Å². The van der Waals surface area contributed by atoms with Crippen LogP contribution in [-0.4, -0.2) is 18.9 Å². The van der Waals surface area contributed by atoms with Gasteiger partial charge in [0, 0.05) is 5.56 Å². The van der Waals surface area contributed by atoms with Gasteiger partial charge in [-0.2, -0.15) is 0 Å². The monoisotopic (exact) mass is 363 g/mol. The van der Waals surface area contributed by atoms with Gasteiger partial charge >= 0.3 is 5.97 Å².